The summed E-state index contributed by atoms with van der Waals surface area (Å²) in [7, 11) is 1.59. The Morgan fingerprint density at radius 1 is 1.29 bits per heavy atom. The van der Waals surface area contributed by atoms with Gasteiger partial charge in [0.1, 0.15) is 12.1 Å². The molecule has 31 heavy (non-hydrogen) atoms. The van der Waals surface area contributed by atoms with Crippen molar-refractivity contribution in [3.8, 4) is 17.1 Å². The number of fused-ring (bicyclic) bond motifs is 1. The molecule has 9 nitrogen and oxygen atoms in total. The number of Topliss-reactive ketones (excluding diaryl/α,β-unsaturated/α-hetero) is 1. The Hall–Kier alpha value is -3.56. The molecule has 3 aromatic heterocycles. The van der Waals surface area contributed by atoms with Crippen molar-refractivity contribution in [2.75, 3.05) is 20.3 Å². The number of methoxy groups -OCH3 is 1. The second-order valence-corrected chi connectivity index (χ2v) is 6.97. The summed E-state index contributed by atoms with van der Waals surface area (Å²) in [6.07, 6.45) is 5.39. The summed E-state index contributed by atoms with van der Waals surface area (Å²) in [5.74, 6) is 1.08. The Balaban J connectivity index is 1.34. The number of nitrogens with zero attached hydrogens (tertiary/aromatic N) is 3. The number of imidazole rings is 1. The quantitative estimate of drug-likeness (QED) is 0.295. The summed E-state index contributed by atoms with van der Waals surface area (Å²) < 4.78 is 16.1. The van der Waals surface area contributed by atoms with Crippen molar-refractivity contribution in [2.24, 2.45) is 5.73 Å². The van der Waals surface area contributed by atoms with E-state index in [9.17, 15) is 4.79 Å². The summed E-state index contributed by atoms with van der Waals surface area (Å²) in [6, 6.07) is 9.40. The third-order valence-corrected chi connectivity index (χ3v) is 4.78. The van der Waals surface area contributed by atoms with Gasteiger partial charge in [0.15, 0.2) is 0 Å². The zero-order valence-electron chi connectivity index (χ0n) is 17.1. The maximum absolute atomic E-state index is 11.8. The van der Waals surface area contributed by atoms with Gasteiger partial charge in [-0.3, -0.25) is 4.79 Å². The van der Waals surface area contributed by atoms with E-state index in [1.807, 2.05) is 30.3 Å². The van der Waals surface area contributed by atoms with Gasteiger partial charge in [-0.25, -0.2) is 15.0 Å². The summed E-state index contributed by atoms with van der Waals surface area (Å²) in [5.41, 5.74) is 8.63. The summed E-state index contributed by atoms with van der Waals surface area (Å²) in [4.78, 5) is 27.9. The number of aromatic amines is 1. The van der Waals surface area contributed by atoms with Crippen molar-refractivity contribution in [3.63, 3.8) is 0 Å². The first-order valence-electron chi connectivity index (χ1n) is 9.91. The molecule has 0 unspecified atom stereocenters. The van der Waals surface area contributed by atoms with Crippen LogP contribution >= 0.6 is 0 Å². The number of carbonyl (C=O) groups excluding carboxylic acids is 1. The lowest BCUT2D eigenvalue weighted by molar-refractivity contribution is 0.0890. The van der Waals surface area contributed by atoms with Gasteiger partial charge in [0.2, 0.25) is 11.7 Å². The van der Waals surface area contributed by atoms with Crippen molar-refractivity contribution in [2.45, 2.75) is 18.9 Å². The molecule has 0 fully saturated rings. The smallest absolute Gasteiger partial charge is 0.263 e. The Morgan fingerprint density at radius 2 is 2.16 bits per heavy atom. The molecule has 0 spiro atoms. The Kier molecular flexibility index (Phi) is 6.34. The molecule has 1 atom stereocenters. The SMILES string of the molecule is COc1nc2ccccc2cc1-c1cnc([C@@H](N)COCCCC(=O)c2ncco2)[nH]1. The van der Waals surface area contributed by atoms with Crippen LogP contribution in [0.5, 0.6) is 5.88 Å². The monoisotopic (exact) mass is 421 g/mol. The molecule has 3 N–H and O–H groups in total. The van der Waals surface area contributed by atoms with Gasteiger partial charge in [-0.05, 0) is 18.6 Å². The standard InChI is InChI=1S/C22H23N5O4/c1-29-21-15(11-14-5-2-3-6-17(14)27-21)18-12-25-20(26-18)16(23)13-30-9-4-7-19(28)22-24-8-10-31-22/h2-3,5-6,8,10-12,16H,4,7,9,13,23H2,1H3,(H,25,26)/t16-/m0/s1. The number of rotatable bonds is 10. The lowest BCUT2D eigenvalue weighted by atomic mass is 10.1. The van der Waals surface area contributed by atoms with E-state index in [4.69, 9.17) is 19.6 Å². The van der Waals surface area contributed by atoms with Crippen LogP contribution < -0.4 is 10.5 Å². The van der Waals surface area contributed by atoms with E-state index in [0.29, 0.717) is 31.2 Å². The topological polar surface area (TPSA) is 129 Å². The summed E-state index contributed by atoms with van der Waals surface area (Å²) in [5, 5.41) is 1.00. The Labute approximate surface area is 178 Å². The predicted molar refractivity (Wildman–Crippen MR) is 114 cm³/mol. The number of nitrogens with one attached hydrogen (secondary N) is 1. The zero-order valence-corrected chi connectivity index (χ0v) is 17.1. The van der Waals surface area contributed by atoms with Crippen molar-refractivity contribution in [1.29, 1.82) is 0 Å². The first kappa shape index (κ1) is 20.7. The van der Waals surface area contributed by atoms with Crippen LogP contribution in [0, 0.1) is 0 Å². The van der Waals surface area contributed by atoms with Crippen LogP contribution in [0.2, 0.25) is 0 Å². The average molecular weight is 421 g/mol. The van der Waals surface area contributed by atoms with Gasteiger partial charge in [-0.2, -0.15) is 0 Å². The first-order chi connectivity index (χ1) is 15.2. The Bertz CT molecular complexity index is 1160. The van der Waals surface area contributed by atoms with Gasteiger partial charge in [0, 0.05) is 18.4 Å². The molecule has 0 radical (unpaired) electrons. The maximum Gasteiger partial charge on any atom is 0.263 e. The number of carbonyl (C=O) groups is 1. The minimum atomic E-state index is -0.435. The van der Waals surface area contributed by atoms with Crippen LogP contribution in [-0.4, -0.2) is 46.0 Å². The molecule has 0 bridgehead atoms. The maximum atomic E-state index is 11.8. The largest absolute Gasteiger partial charge is 0.480 e. The third kappa shape index (κ3) is 4.79. The van der Waals surface area contributed by atoms with Crippen LogP contribution in [0.25, 0.3) is 22.2 Å². The summed E-state index contributed by atoms with van der Waals surface area (Å²) in [6.45, 7) is 0.670. The highest BCUT2D eigenvalue weighted by atomic mass is 16.5. The fourth-order valence-electron chi connectivity index (χ4n) is 3.20. The molecule has 160 valence electrons. The van der Waals surface area contributed by atoms with E-state index >= 15 is 0 Å². The number of hydrogen-bond donors (Lipinski definition) is 2. The van der Waals surface area contributed by atoms with Crippen LogP contribution in [0.3, 0.4) is 0 Å². The molecule has 0 aliphatic rings. The van der Waals surface area contributed by atoms with Crippen LogP contribution in [0.4, 0.5) is 0 Å². The first-order valence-corrected chi connectivity index (χ1v) is 9.91. The second-order valence-electron chi connectivity index (χ2n) is 6.97. The van der Waals surface area contributed by atoms with Gasteiger partial charge in [0.25, 0.3) is 5.89 Å². The van der Waals surface area contributed by atoms with Gasteiger partial charge in [-0.15, -0.1) is 0 Å². The van der Waals surface area contributed by atoms with Crippen LogP contribution in [0.1, 0.15) is 35.4 Å². The number of H-pyrrole nitrogens is 1. The van der Waals surface area contributed by atoms with Gasteiger partial charge in [-0.1, -0.05) is 18.2 Å². The van der Waals surface area contributed by atoms with E-state index in [1.165, 1.54) is 12.5 Å². The number of benzene rings is 1. The van der Waals surface area contributed by atoms with Crippen molar-refractivity contribution in [3.05, 3.63) is 60.7 Å². The highest BCUT2D eigenvalue weighted by Crippen LogP contribution is 2.30. The third-order valence-electron chi connectivity index (χ3n) is 4.78. The number of aromatic nitrogens is 4. The van der Waals surface area contributed by atoms with E-state index in [2.05, 4.69) is 19.9 Å². The predicted octanol–water partition coefficient (Wildman–Crippen LogP) is 3.30. The lowest BCUT2D eigenvalue weighted by Crippen LogP contribution is -2.19. The number of pyridine rings is 1. The molecule has 1 aromatic carbocycles. The molecule has 0 aliphatic heterocycles. The molecule has 4 aromatic rings. The fourth-order valence-corrected chi connectivity index (χ4v) is 3.20. The second kappa shape index (κ2) is 9.50. The highest BCUT2D eigenvalue weighted by molar-refractivity contribution is 5.91. The number of ketones is 1. The minimum absolute atomic E-state index is 0.124. The van der Waals surface area contributed by atoms with Gasteiger partial charge >= 0.3 is 0 Å². The number of hydrogen-bond acceptors (Lipinski definition) is 8. The molecule has 0 aliphatic carbocycles. The highest BCUT2D eigenvalue weighted by Gasteiger charge is 2.16. The lowest BCUT2D eigenvalue weighted by Gasteiger charge is -2.10. The van der Waals surface area contributed by atoms with Crippen molar-refractivity contribution < 1.29 is 18.7 Å². The molecule has 4 rings (SSSR count). The number of oxazole rings is 1. The Morgan fingerprint density at radius 3 is 2.97 bits per heavy atom. The van der Waals surface area contributed by atoms with E-state index in [0.717, 1.165) is 22.2 Å². The number of nitrogens with two attached hydrogens (primary N) is 1. The van der Waals surface area contributed by atoms with Gasteiger partial charge < -0.3 is 24.6 Å². The molecule has 9 heteroatoms. The molecule has 0 amide bonds. The normalized spacial score (nSPS) is 12.2. The van der Waals surface area contributed by atoms with E-state index in [1.54, 1.807) is 13.3 Å². The minimum Gasteiger partial charge on any atom is -0.480 e. The molecule has 3 heterocycles. The van der Waals surface area contributed by atoms with Crippen molar-refractivity contribution >= 4 is 16.7 Å². The van der Waals surface area contributed by atoms with Crippen molar-refractivity contribution in [1.82, 2.24) is 19.9 Å². The zero-order chi connectivity index (χ0) is 21.6. The number of ether oxygens (including phenoxy) is 2. The van der Waals surface area contributed by atoms with Crippen LogP contribution in [-0.2, 0) is 4.74 Å². The summed E-state index contributed by atoms with van der Waals surface area (Å²) >= 11 is 0. The van der Waals surface area contributed by atoms with Crippen LogP contribution in [0.15, 0.2) is 53.4 Å². The van der Waals surface area contributed by atoms with E-state index < -0.39 is 6.04 Å². The van der Waals surface area contributed by atoms with E-state index in [-0.39, 0.29) is 18.3 Å². The molecular formula is C22H23N5O4. The number of para-hydroxylation sites is 1. The molecule has 0 saturated carbocycles. The molecular weight excluding hydrogens is 398 g/mol. The van der Waals surface area contributed by atoms with Gasteiger partial charge in [0.05, 0.1) is 48.9 Å². The average Bonchev–Trinajstić information content (AvgIpc) is 3.50. The molecule has 0 saturated heterocycles. The fraction of sp³-hybridized carbons (Fsp3) is 0.273.